The van der Waals surface area contributed by atoms with Crippen LogP contribution in [0.3, 0.4) is 0 Å². The van der Waals surface area contributed by atoms with E-state index in [2.05, 4.69) is 217 Å². The molecule has 0 spiro atoms. The van der Waals surface area contributed by atoms with Gasteiger partial charge in [0.05, 0.1) is 5.69 Å². The van der Waals surface area contributed by atoms with Gasteiger partial charge < -0.3 is 9.32 Å². The maximum Gasteiger partial charge on any atom is 0.143 e. The van der Waals surface area contributed by atoms with Gasteiger partial charge >= 0.3 is 0 Å². The third kappa shape index (κ3) is 5.34. The van der Waals surface area contributed by atoms with Gasteiger partial charge in [0.2, 0.25) is 0 Å². The molecule has 0 N–H and O–H groups in total. The summed E-state index contributed by atoms with van der Waals surface area (Å²) in [7, 11) is 0. The summed E-state index contributed by atoms with van der Waals surface area (Å²) in [5.41, 5.74) is 12.2. The van der Waals surface area contributed by atoms with Gasteiger partial charge in [-0.2, -0.15) is 0 Å². The fourth-order valence-corrected chi connectivity index (χ4v) is 8.54. The maximum absolute atomic E-state index is 6.59. The molecule has 11 aromatic rings. The van der Waals surface area contributed by atoms with Gasteiger partial charge in [0.1, 0.15) is 11.2 Å². The molecule has 0 bridgehead atoms. The predicted octanol–water partition coefficient (Wildman–Crippen LogP) is 15.5. The van der Waals surface area contributed by atoms with Gasteiger partial charge in [0.15, 0.2) is 0 Å². The molecule has 56 heavy (non-hydrogen) atoms. The van der Waals surface area contributed by atoms with Crippen molar-refractivity contribution in [1.29, 1.82) is 0 Å². The number of fused-ring (bicyclic) bond motifs is 8. The summed E-state index contributed by atoms with van der Waals surface area (Å²) in [5.74, 6) is 0. The highest BCUT2D eigenvalue weighted by atomic mass is 16.3. The summed E-state index contributed by atoms with van der Waals surface area (Å²) in [6, 6.07) is 76.5. The summed E-state index contributed by atoms with van der Waals surface area (Å²) in [6.45, 7) is 0. The van der Waals surface area contributed by atoms with Crippen molar-refractivity contribution in [2.24, 2.45) is 0 Å². The van der Waals surface area contributed by atoms with Crippen molar-refractivity contribution in [1.82, 2.24) is 0 Å². The SMILES string of the molecule is c1ccc(-c2ccc(-c3ccc(N(c4cccc(-c5cccc6oc7c8ccccc8ccc7c56)c4)c4cccc5c4ccc4ccccc45)cc3)cc2)cc1. The quantitative estimate of drug-likeness (QED) is 0.160. The Morgan fingerprint density at radius 3 is 1.66 bits per heavy atom. The van der Waals surface area contributed by atoms with Crippen LogP contribution in [0.2, 0.25) is 0 Å². The smallest absolute Gasteiger partial charge is 0.143 e. The first-order valence-corrected chi connectivity index (χ1v) is 19.2. The number of anilines is 3. The lowest BCUT2D eigenvalue weighted by Gasteiger charge is -2.28. The van der Waals surface area contributed by atoms with Crippen LogP contribution < -0.4 is 4.90 Å². The van der Waals surface area contributed by atoms with E-state index in [9.17, 15) is 0 Å². The second-order valence-electron chi connectivity index (χ2n) is 14.5. The molecular formula is C54H35NO. The van der Waals surface area contributed by atoms with Crippen LogP contribution in [0.1, 0.15) is 0 Å². The van der Waals surface area contributed by atoms with E-state index in [0.717, 1.165) is 55.5 Å². The predicted molar refractivity (Wildman–Crippen MR) is 237 cm³/mol. The first-order chi connectivity index (χ1) is 27.8. The number of benzene rings is 10. The summed E-state index contributed by atoms with van der Waals surface area (Å²) in [5, 5.41) is 9.50. The lowest BCUT2D eigenvalue weighted by Crippen LogP contribution is -2.10. The summed E-state index contributed by atoms with van der Waals surface area (Å²) in [4.78, 5) is 2.41. The van der Waals surface area contributed by atoms with Crippen molar-refractivity contribution < 1.29 is 4.42 Å². The van der Waals surface area contributed by atoms with Gasteiger partial charge in [-0.1, -0.05) is 170 Å². The summed E-state index contributed by atoms with van der Waals surface area (Å²) < 4.78 is 6.59. The molecule has 0 unspecified atom stereocenters. The van der Waals surface area contributed by atoms with Crippen LogP contribution >= 0.6 is 0 Å². The van der Waals surface area contributed by atoms with E-state index in [1.807, 2.05) is 0 Å². The molecule has 262 valence electrons. The maximum atomic E-state index is 6.59. The van der Waals surface area contributed by atoms with E-state index < -0.39 is 0 Å². The van der Waals surface area contributed by atoms with E-state index in [1.54, 1.807) is 0 Å². The van der Waals surface area contributed by atoms with Crippen LogP contribution in [-0.4, -0.2) is 0 Å². The Kier molecular flexibility index (Phi) is 7.53. The topological polar surface area (TPSA) is 16.4 Å². The van der Waals surface area contributed by atoms with Crippen molar-refractivity contribution >= 4 is 71.3 Å². The van der Waals surface area contributed by atoms with E-state index >= 15 is 0 Å². The van der Waals surface area contributed by atoms with Crippen molar-refractivity contribution in [3.8, 4) is 33.4 Å². The second-order valence-corrected chi connectivity index (χ2v) is 14.5. The molecule has 0 radical (unpaired) electrons. The molecule has 10 aromatic carbocycles. The third-order valence-electron chi connectivity index (χ3n) is 11.3. The number of hydrogen-bond acceptors (Lipinski definition) is 2. The molecule has 0 atom stereocenters. The van der Waals surface area contributed by atoms with Crippen LogP contribution in [0, 0.1) is 0 Å². The molecule has 0 aliphatic carbocycles. The normalized spacial score (nSPS) is 11.6. The zero-order chi connectivity index (χ0) is 37.0. The van der Waals surface area contributed by atoms with E-state index in [-0.39, 0.29) is 0 Å². The molecule has 0 saturated heterocycles. The average Bonchev–Trinajstić information content (AvgIpc) is 3.67. The van der Waals surface area contributed by atoms with Crippen molar-refractivity contribution in [2.75, 3.05) is 4.90 Å². The zero-order valence-electron chi connectivity index (χ0n) is 30.6. The first-order valence-electron chi connectivity index (χ1n) is 19.2. The van der Waals surface area contributed by atoms with Gasteiger partial charge in [-0.15, -0.1) is 0 Å². The van der Waals surface area contributed by atoms with Gasteiger partial charge in [0, 0.05) is 32.9 Å². The number of rotatable bonds is 6. The third-order valence-corrected chi connectivity index (χ3v) is 11.3. The van der Waals surface area contributed by atoms with Crippen LogP contribution in [0.15, 0.2) is 217 Å². The van der Waals surface area contributed by atoms with Gasteiger partial charge in [-0.25, -0.2) is 0 Å². The zero-order valence-corrected chi connectivity index (χ0v) is 30.6. The van der Waals surface area contributed by atoms with E-state index in [4.69, 9.17) is 4.42 Å². The second kappa shape index (κ2) is 13.2. The van der Waals surface area contributed by atoms with Gasteiger partial charge in [-0.3, -0.25) is 0 Å². The molecule has 0 aliphatic heterocycles. The van der Waals surface area contributed by atoms with E-state index in [0.29, 0.717) is 0 Å². The Labute approximate surface area is 325 Å². The van der Waals surface area contributed by atoms with Crippen LogP contribution in [0.4, 0.5) is 17.1 Å². The molecular weight excluding hydrogens is 679 g/mol. The fraction of sp³-hybridized carbons (Fsp3) is 0. The summed E-state index contributed by atoms with van der Waals surface area (Å²) in [6.07, 6.45) is 0. The van der Waals surface area contributed by atoms with Crippen LogP contribution in [0.5, 0.6) is 0 Å². The monoisotopic (exact) mass is 713 g/mol. The molecule has 0 saturated carbocycles. The minimum Gasteiger partial charge on any atom is -0.455 e. The van der Waals surface area contributed by atoms with Gasteiger partial charge in [0.25, 0.3) is 0 Å². The Balaban J connectivity index is 1.06. The number of hydrogen-bond donors (Lipinski definition) is 0. The molecule has 1 heterocycles. The molecule has 11 rings (SSSR count). The lowest BCUT2D eigenvalue weighted by molar-refractivity contribution is 0.673. The molecule has 0 aliphatic rings. The average molecular weight is 714 g/mol. The first kappa shape index (κ1) is 32.0. The molecule has 1 aromatic heterocycles. The van der Waals surface area contributed by atoms with E-state index in [1.165, 1.54) is 49.2 Å². The van der Waals surface area contributed by atoms with Crippen LogP contribution in [-0.2, 0) is 0 Å². The number of furan rings is 1. The van der Waals surface area contributed by atoms with Crippen molar-refractivity contribution in [2.45, 2.75) is 0 Å². The number of nitrogens with zero attached hydrogens (tertiary/aromatic N) is 1. The van der Waals surface area contributed by atoms with Gasteiger partial charge in [-0.05, 0) is 97.4 Å². The summed E-state index contributed by atoms with van der Waals surface area (Å²) >= 11 is 0. The minimum atomic E-state index is 0.893. The highest BCUT2D eigenvalue weighted by Gasteiger charge is 2.19. The molecule has 2 nitrogen and oxygen atoms in total. The highest BCUT2D eigenvalue weighted by molar-refractivity contribution is 6.19. The van der Waals surface area contributed by atoms with Crippen molar-refractivity contribution in [3.05, 3.63) is 212 Å². The fourth-order valence-electron chi connectivity index (χ4n) is 8.54. The lowest BCUT2D eigenvalue weighted by atomic mass is 9.97. The Morgan fingerprint density at radius 1 is 0.321 bits per heavy atom. The van der Waals surface area contributed by atoms with Crippen molar-refractivity contribution in [3.63, 3.8) is 0 Å². The minimum absolute atomic E-state index is 0.893. The molecule has 2 heteroatoms. The molecule has 0 fully saturated rings. The standard InChI is InChI=1S/C54H35NO/c1-2-11-36(12-3-1)37-23-25-38(26-24-37)39-27-31-43(32-28-39)55(51-21-9-20-48-45-17-6-4-13-40(45)29-33-49(48)51)44-16-8-15-42(35-44)46-19-10-22-52-53(46)50-34-30-41-14-5-7-18-47(41)54(50)56-52/h1-35H. The largest absolute Gasteiger partial charge is 0.455 e. The van der Waals surface area contributed by atoms with Crippen LogP contribution in [0.25, 0.3) is 87.6 Å². The molecule has 0 amide bonds. The highest BCUT2D eigenvalue weighted by Crippen LogP contribution is 2.44. The Hall–Kier alpha value is -7.42. The Bertz CT molecular complexity index is 3230. The Morgan fingerprint density at radius 2 is 0.893 bits per heavy atom.